The highest BCUT2D eigenvalue weighted by atomic mass is 35.5. The van der Waals surface area contributed by atoms with Crippen molar-refractivity contribution < 1.29 is 23.9 Å². The van der Waals surface area contributed by atoms with Crippen molar-refractivity contribution in [2.75, 3.05) is 16.8 Å². The lowest BCUT2D eigenvalue weighted by Gasteiger charge is -2.29. The van der Waals surface area contributed by atoms with Crippen LogP contribution in [0, 0.1) is 5.92 Å². The number of carbonyl (C=O) groups is 3. The molecule has 1 aromatic carbocycles. The number of benzene rings is 1. The maximum atomic E-state index is 13.5. The zero-order chi connectivity index (χ0) is 24.7. The molecule has 0 radical (unpaired) electrons. The molecule has 2 aliphatic heterocycles. The van der Waals surface area contributed by atoms with E-state index < -0.39 is 23.5 Å². The molecule has 2 aromatic rings. The van der Waals surface area contributed by atoms with Gasteiger partial charge >= 0.3 is 0 Å². The van der Waals surface area contributed by atoms with Crippen molar-refractivity contribution in [1.29, 1.82) is 0 Å². The number of fused-ring (bicyclic) bond motifs is 1. The molecule has 2 atom stereocenters. The summed E-state index contributed by atoms with van der Waals surface area (Å²) in [7, 11) is 0. The van der Waals surface area contributed by atoms with E-state index in [4.69, 9.17) is 21.1 Å². The van der Waals surface area contributed by atoms with Crippen molar-refractivity contribution in [2.24, 2.45) is 5.92 Å². The fourth-order valence-corrected chi connectivity index (χ4v) is 5.41. The number of ether oxygens (including phenoxy) is 2. The molecule has 1 aromatic heterocycles. The van der Waals surface area contributed by atoms with E-state index in [0.29, 0.717) is 42.0 Å². The van der Waals surface area contributed by atoms with E-state index in [0.717, 1.165) is 25.7 Å². The molecule has 186 valence electrons. The summed E-state index contributed by atoms with van der Waals surface area (Å²) in [6.45, 7) is 4.68. The SMILES string of the molecule is CC1(C)OC[C@@H](Cn2ccc(NC(=O)C(CC3CCCC3)N3C(=O)C(=O)c4cc(Cl)ccc43)n2)O1. The van der Waals surface area contributed by atoms with Gasteiger partial charge in [0.05, 0.1) is 24.4 Å². The second-order valence-corrected chi connectivity index (χ2v) is 10.4. The van der Waals surface area contributed by atoms with Crippen LogP contribution in [0.4, 0.5) is 11.5 Å². The molecule has 0 bridgehead atoms. The lowest BCUT2D eigenvalue weighted by Crippen LogP contribution is -2.48. The number of hydrogen-bond donors (Lipinski definition) is 1. The van der Waals surface area contributed by atoms with Crippen LogP contribution in [0.2, 0.25) is 5.02 Å². The van der Waals surface area contributed by atoms with Gasteiger partial charge in [0, 0.05) is 17.3 Å². The van der Waals surface area contributed by atoms with Crippen molar-refractivity contribution in [3.8, 4) is 0 Å². The standard InChI is InChI=1S/C25H29ClN4O5/c1-25(2)34-14-17(35-25)13-29-10-9-21(28-29)27-23(32)20(11-15-5-3-4-6-15)30-19-8-7-16(26)12-18(19)22(31)24(30)33/h7-10,12,15,17,20H,3-6,11,13-14H2,1-2H3,(H,27,28,32)/t17-,20?/m1/s1. The number of carbonyl (C=O) groups excluding carboxylic acids is 3. The lowest BCUT2D eigenvalue weighted by atomic mass is 9.96. The van der Waals surface area contributed by atoms with E-state index in [1.165, 1.54) is 11.0 Å². The van der Waals surface area contributed by atoms with Gasteiger partial charge < -0.3 is 14.8 Å². The normalized spacial score (nSPS) is 22.6. The second-order valence-electron chi connectivity index (χ2n) is 9.93. The van der Waals surface area contributed by atoms with Gasteiger partial charge in [0.1, 0.15) is 12.1 Å². The summed E-state index contributed by atoms with van der Waals surface area (Å²) >= 11 is 6.06. The maximum Gasteiger partial charge on any atom is 0.300 e. The Morgan fingerprint density at radius 3 is 2.74 bits per heavy atom. The average Bonchev–Trinajstić information content (AvgIpc) is 3.58. The third kappa shape index (κ3) is 4.98. The Morgan fingerprint density at radius 2 is 2.03 bits per heavy atom. The minimum Gasteiger partial charge on any atom is -0.348 e. The van der Waals surface area contributed by atoms with E-state index in [1.54, 1.807) is 29.1 Å². The molecule has 9 nitrogen and oxygen atoms in total. The summed E-state index contributed by atoms with van der Waals surface area (Å²) < 4.78 is 13.1. The molecule has 1 saturated heterocycles. The van der Waals surface area contributed by atoms with Gasteiger partial charge in [-0.15, -0.1) is 0 Å². The summed E-state index contributed by atoms with van der Waals surface area (Å²) in [6.07, 6.45) is 6.32. The molecule has 10 heteroatoms. The number of nitrogens with one attached hydrogen (secondary N) is 1. The molecule has 1 unspecified atom stereocenters. The number of hydrogen-bond acceptors (Lipinski definition) is 6. The third-order valence-corrected chi connectivity index (χ3v) is 7.11. The number of ketones is 1. The molecule has 35 heavy (non-hydrogen) atoms. The number of rotatable bonds is 7. The Labute approximate surface area is 208 Å². The first-order valence-corrected chi connectivity index (χ1v) is 12.4. The predicted octanol–water partition coefficient (Wildman–Crippen LogP) is 3.80. The van der Waals surface area contributed by atoms with Crippen molar-refractivity contribution >= 4 is 40.7 Å². The van der Waals surface area contributed by atoms with Crippen molar-refractivity contribution in [3.05, 3.63) is 41.0 Å². The average molecular weight is 501 g/mol. The van der Waals surface area contributed by atoms with Gasteiger partial charge in [-0.25, -0.2) is 0 Å². The second kappa shape index (κ2) is 9.37. The van der Waals surface area contributed by atoms with Gasteiger partial charge in [-0.3, -0.25) is 24.0 Å². The number of aromatic nitrogens is 2. The van der Waals surface area contributed by atoms with Crippen LogP contribution in [0.25, 0.3) is 0 Å². The topological polar surface area (TPSA) is 103 Å². The van der Waals surface area contributed by atoms with Gasteiger partial charge in [0.25, 0.3) is 11.7 Å². The molecule has 1 saturated carbocycles. The first-order chi connectivity index (χ1) is 16.7. The Balaban J connectivity index is 1.35. The molecule has 1 aliphatic carbocycles. The van der Waals surface area contributed by atoms with E-state index in [1.807, 2.05) is 13.8 Å². The number of amides is 2. The molecule has 5 rings (SSSR count). The Morgan fingerprint density at radius 1 is 1.26 bits per heavy atom. The predicted molar refractivity (Wildman–Crippen MR) is 129 cm³/mol. The first-order valence-electron chi connectivity index (χ1n) is 12.0. The fraction of sp³-hybridized carbons (Fsp3) is 0.520. The molecule has 2 fully saturated rings. The van der Waals surface area contributed by atoms with Gasteiger partial charge in [-0.05, 0) is 44.4 Å². The van der Waals surface area contributed by atoms with Crippen molar-refractivity contribution in [2.45, 2.75) is 70.4 Å². The largest absolute Gasteiger partial charge is 0.348 e. The summed E-state index contributed by atoms with van der Waals surface area (Å²) in [6, 6.07) is 5.63. The van der Waals surface area contributed by atoms with E-state index in [2.05, 4.69) is 10.4 Å². The van der Waals surface area contributed by atoms with Crippen LogP contribution in [0.3, 0.4) is 0 Å². The van der Waals surface area contributed by atoms with Crippen LogP contribution in [0.15, 0.2) is 30.5 Å². The van der Waals surface area contributed by atoms with Gasteiger partial charge in [-0.2, -0.15) is 5.10 Å². The molecular formula is C25H29ClN4O5. The minimum absolute atomic E-state index is 0.139. The molecular weight excluding hydrogens is 472 g/mol. The number of Topliss-reactive ketones (excluding diaryl/α,β-unsaturated/α-hetero) is 1. The number of anilines is 2. The van der Waals surface area contributed by atoms with E-state index in [9.17, 15) is 14.4 Å². The summed E-state index contributed by atoms with van der Waals surface area (Å²) in [5, 5.41) is 7.68. The third-order valence-electron chi connectivity index (χ3n) is 6.87. The van der Waals surface area contributed by atoms with Crippen LogP contribution in [0.1, 0.15) is 56.3 Å². The maximum absolute atomic E-state index is 13.5. The molecule has 3 heterocycles. The number of nitrogens with zero attached hydrogens (tertiary/aromatic N) is 3. The Kier molecular flexibility index (Phi) is 6.41. The van der Waals surface area contributed by atoms with Gasteiger partial charge in [-0.1, -0.05) is 37.3 Å². The molecule has 0 spiro atoms. The van der Waals surface area contributed by atoms with E-state index >= 15 is 0 Å². The zero-order valence-electron chi connectivity index (χ0n) is 19.8. The highest BCUT2D eigenvalue weighted by molar-refractivity contribution is 6.53. The van der Waals surface area contributed by atoms with Gasteiger partial charge in [0.15, 0.2) is 11.6 Å². The van der Waals surface area contributed by atoms with Crippen LogP contribution < -0.4 is 10.2 Å². The minimum atomic E-state index is -0.825. The first kappa shape index (κ1) is 24.0. The highest BCUT2D eigenvalue weighted by Crippen LogP contribution is 2.37. The number of halogens is 1. The monoisotopic (exact) mass is 500 g/mol. The molecule has 3 aliphatic rings. The van der Waals surface area contributed by atoms with Crippen molar-refractivity contribution in [1.82, 2.24) is 9.78 Å². The summed E-state index contributed by atoms with van der Waals surface area (Å²) in [4.78, 5) is 40.5. The van der Waals surface area contributed by atoms with Crippen LogP contribution in [-0.4, -0.2) is 51.9 Å². The Bertz CT molecular complexity index is 1160. The highest BCUT2D eigenvalue weighted by Gasteiger charge is 2.43. The molecule has 2 amide bonds. The van der Waals surface area contributed by atoms with Crippen LogP contribution >= 0.6 is 11.6 Å². The smallest absolute Gasteiger partial charge is 0.300 e. The summed E-state index contributed by atoms with van der Waals surface area (Å²) in [5.74, 6) is -1.65. The van der Waals surface area contributed by atoms with Gasteiger partial charge in [0.2, 0.25) is 5.91 Å². The van der Waals surface area contributed by atoms with E-state index in [-0.39, 0.29) is 17.6 Å². The van der Waals surface area contributed by atoms with Crippen molar-refractivity contribution in [3.63, 3.8) is 0 Å². The Hall–Kier alpha value is -2.75. The fourth-order valence-electron chi connectivity index (χ4n) is 5.24. The quantitative estimate of drug-likeness (QED) is 0.580. The van der Waals surface area contributed by atoms with Crippen LogP contribution in [0.5, 0.6) is 0 Å². The van der Waals surface area contributed by atoms with Crippen LogP contribution in [-0.2, 0) is 25.6 Å². The summed E-state index contributed by atoms with van der Waals surface area (Å²) in [5.41, 5.74) is 0.659. The zero-order valence-corrected chi connectivity index (χ0v) is 20.6. The lowest BCUT2D eigenvalue weighted by molar-refractivity contribution is -0.139. The molecule has 1 N–H and O–H groups in total.